The Balaban J connectivity index is 1.27. The topological polar surface area (TPSA) is 84.1 Å². The van der Waals surface area contributed by atoms with E-state index < -0.39 is 0 Å². The summed E-state index contributed by atoms with van der Waals surface area (Å²) in [7, 11) is 0. The summed E-state index contributed by atoms with van der Waals surface area (Å²) in [5, 5.41) is 6.17. The third kappa shape index (κ3) is 4.19. The van der Waals surface area contributed by atoms with Crippen LogP contribution in [-0.4, -0.2) is 56.2 Å². The first kappa shape index (κ1) is 19.8. The molecular weight excluding hydrogens is 410 g/mol. The summed E-state index contributed by atoms with van der Waals surface area (Å²) in [5.41, 5.74) is 1.88. The molecular formula is C22H23N7OS. The van der Waals surface area contributed by atoms with Gasteiger partial charge in [0.05, 0.1) is 10.9 Å². The first-order valence-corrected chi connectivity index (χ1v) is 11.2. The van der Waals surface area contributed by atoms with Gasteiger partial charge in [-0.1, -0.05) is 11.2 Å². The summed E-state index contributed by atoms with van der Waals surface area (Å²) in [6, 6.07) is 10.0. The Morgan fingerprint density at radius 3 is 2.65 bits per heavy atom. The first-order valence-electron chi connectivity index (χ1n) is 10.3. The van der Waals surface area contributed by atoms with Gasteiger partial charge in [0.2, 0.25) is 11.7 Å². The molecule has 0 N–H and O–H groups in total. The lowest BCUT2D eigenvalue weighted by Crippen LogP contribution is -2.47. The van der Waals surface area contributed by atoms with Gasteiger partial charge in [-0.25, -0.2) is 9.97 Å². The molecule has 0 saturated carbocycles. The SMILES string of the molecule is Cc1cc(N2CCN(C(C)c3nc(-c4cccs4)no3)CC2)nc(-c2cccnc2)n1. The number of thiophene rings is 1. The molecule has 1 saturated heterocycles. The fraction of sp³-hybridized carbons (Fsp3) is 0.318. The number of pyridine rings is 1. The molecule has 9 heteroatoms. The molecule has 1 fully saturated rings. The summed E-state index contributed by atoms with van der Waals surface area (Å²) in [4.78, 5) is 23.9. The van der Waals surface area contributed by atoms with Crippen molar-refractivity contribution in [1.29, 1.82) is 0 Å². The van der Waals surface area contributed by atoms with Gasteiger partial charge >= 0.3 is 0 Å². The lowest BCUT2D eigenvalue weighted by molar-refractivity contribution is 0.164. The Bertz CT molecular complexity index is 1140. The minimum absolute atomic E-state index is 0.0708. The standard InChI is InChI=1S/C22H23N7OS/c1-15-13-19(25-20(24-15)17-5-3-7-23-14-17)29-10-8-28(9-11-29)16(2)22-26-21(27-30-22)18-6-4-12-31-18/h3-7,12-14,16H,8-11H2,1-2H3. The van der Waals surface area contributed by atoms with E-state index in [0.29, 0.717) is 17.5 Å². The minimum Gasteiger partial charge on any atom is -0.354 e. The van der Waals surface area contributed by atoms with Crippen LogP contribution in [0.1, 0.15) is 24.6 Å². The van der Waals surface area contributed by atoms with E-state index in [0.717, 1.165) is 48.1 Å². The highest BCUT2D eigenvalue weighted by atomic mass is 32.1. The van der Waals surface area contributed by atoms with Crippen molar-refractivity contribution in [3.05, 3.63) is 59.7 Å². The van der Waals surface area contributed by atoms with Crippen molar-refractivity contribution in [1.82, 2.24) is 30.0 Å². The van der Waals surface area contributed by atoms with Crippen LogP contribution in [0.25, 0.3) is 22.1 Å². The lowest BCUT2D eigenvalue weighted by atomic mass is 10.2. The van der Waals surface area contributed by atoms with Crippen LogP contribution in [0.2, 0.25) is 0 Å². The fourth-order valence-corrected chi connectivity index (χ4v) is 4.39. The molecule has 4 aromatic rings. The number of aromatic nitrogens is 5. The number of nitrogens with zero attached hydrogens (tertiary/aromatic N) is 7. The molecule has 0 aliphatic carbocycles. The maximum absolute atomic E-state index is 5.56. The van der Waals surface area contributed by atoms with E-state index in [4.69, 9.17) is 9.51 Å². The summed E-state index contributed by atoms with van der Waals surface area (Å²) < 4.78 is 5.56. The van der Waals surface area contributed by atoms with Gasteiger partial charge in [-0.05, 0) is 37.4 Å². The number of anilines is 1. The Labute approximate surface area is 184 Å². The molecule has 0 radical (unpaired) electrons. The largest absolute Gasteiger partial charge is 0.354 e. The number of aryl methyl sites for hydroxylation is 1. The molecule has 0 spiro atoms. The van der Waals surface area contributed by atoms with Crippen LogP contribution in [0.15, 0.2) is 52.6 Å². The highest BCUT2D eigenvalue weighted by Gasteiger charge is 2.27. The number of rotatable bonds is 5. The van der Waals surface area contributed by atoms with Gasteiger partial charge in [-0.2, -0.15) is 4.98 Å². The Morgan fingerprint density at radius 2 is 1.90 bits per heavy atom. The zero-order valence-electron chi connectivity index (χ0n) is 17.5. The Hall–Kier alpha value is -3.17. The van der Waals surface area contributed by atoms with E-state index in [2.05, 4.69) is 36.8 Å². The van der Waals surface area contributed by atoms with Gasteiger partial charge in [0.15, 0.2) is 5.82 Å². The molecule has 1 atom stereocenters. The number of hydrogen-bond donors (Lipinski definition) is 0. The second-order valence-corrected chi connectivity index (χ2v) is 8.51. The predicted molar refractivity (Wildman–Crippen MR) is 120 cm³/mol. The molecule has 1 unspecified atom stereocenters. The molecule has 5 heterocycles. The maximum atomic E-state index is 5.56. The van der Waals surface area contributed by atoms with Gasteiger partial charge in [0.25, 0.3) is 0 Å². The van der Waals surface area contributed by atoms with Gasteiger partial charge < -0.3 is 9.42 Å². The second-order valence-electron chi connectivity index (χ2n) is 7.57. The third-order valence-electron chi connectivity index (χ3n) is 5.49. The second kappa shape index (κ2) is 8.52. The van der Waals surface area contributed by atoms with Crippen LogP contribution in [0.5, 0.6) is 0 Å². The van der Waals surface area contributed by atoms with E-state index >= 15 is 0 Å². The molecule has 4 aromatic heterocycles. The van der Waals surface area contributed by atoms with Crippen LogP contribution in [0, 0.1) is 6.92 Å². The Kier molecular flexibility index (Phi) is 5.44. The molecule has 1 aliphatic rings. The normalized spacial score (nSPS) is 15.9. The van der Waals surface area contributed by atoms with Crippen molar-refractivity contribution in [2.24, 2.45) is 0 Å². The minimum atomic E-state index is 0.0708. The first-order chi connectivity index (χ1) is 15.2. The van der Waals surface area contributed by atoms with Crippen molar-refractivity contribution < 1.29 is 4.52 Å². The third-order valence-corrected chi connectivity index (χ3v) is 6.35. The van der Waals surface area contributed by atoms with Crippen molar-refractivity contribution in [2.75, 3.05) is 31.1 Å². The van der Waals surface area contributed by atoms with E-state index in [1.54, 1.807) is 23.7 Å². The number of hydrogen-bond acceptors (Lipinski definition) is 9. The summed E-state index contributed by atoms with van der Waals surface area (Å²) in [6.07, 6.45) is 3.56. The quantitative estimate of drug-likeness (QED) is 0.469. The predicted octanol–water partition coefficient (Wildman–Crippen LogP) is 3.84. The molecule has 0 aromatic carbocycles. The summed E-state index contributed by atoms with van der Waals surface area (Å²) in [5.74, 6) is 2.99. The molecule has 158 valence electrons. The van der Waals surface area contributed by atoms with Gasteiger partial charge in [0.1, 0.15) is 5.82 Å². The highest BCUT2D eigenvalue weighted by Crippen LogP contribution is 2.27. The smallest absolute Gasteiger partial charge is 0.244 e. The number of piperazine rings is 1. The van der Waals surface area contributed by atoms with Crippen LogP contribution < -0.4 is 4.90 Å². The lowest BCUT2D eigenvalue weighted by Gasteiger charge is -2.37. The van der Waals surface area contributed by atoms with Crippen LogP contribution >= 0.6 is 11.3 Å². The van der Waals surface area contributed by atoms with Crippen molar-refractivity contribution in [2.45, 2.75) is 19.9 Å². The average molecular weight is 434 g/mol. The van der Waals surface area contributed by atoms with Crippen molar-refractivity contribution >= 4 is 17.2 Å². The van der Waals surface area contributed by atoms with Crippen molar-refractivity contribution in [3.63, 3.8) is 0 Å². The maximum Gasteiger partial charge on any atom is 0.244 e. The van der Waals surface area contributed by atoms with Gasteiger partial charge in [-0.15, -0.1) is 11.3 Å². The van der Waals surface area contributed by atoms with E-state index in [9.17, 15) is 0 Å². The van der Waals surface area contributed by atoms with E-state index in [1.165, 1.54) is 0 Å². The Morgan fingerprint density at radius 1 is 1.03 bits per heavy atom. The molecule has 31 heavy (non-hydrogen) atoms. The molecule has 1 aliphatic heterocycles. The van der Waals surface area contributed by atoms with Crippen LogP contribution in [0.3, 0.4) is 0 Å². The van der Waals surface area contributed by atoms with Crippen molar-refractivity contribution in [3.8, 4) is 22.1 Å². The van der Waals surface area contributed by atoms with Gasteiger partial charge in [0, 0.05) is 55.9 Å². The summed E-state index contributed by atoms with van der Waals surface area (Å²) in [6.45, 7) is 7.66. The highest BCUT2D eigenvalue weighted by molar-refractivity contribution is 7.13. The average Bonchev–Trinajstić information content (AvgIpc) is 3.51. The van der Waals surface area contributed by atoms with Crippen LogP contribution in [-0.2, 0) is 0 Å². The van der Waals surface area contributed by atoms with E-state index in [-0.39, 0.29) is 6.04 Å². The molecule has 0 bridgehead atoms. The molecule has 8 nitrogen and oxygen atoms in total. The zero-order chi connectivity index (χ0) is 21.2. The van der Waals surface area contributed by atoms with Crippen LogP contribution in [0.4, 0.5) is 5.82 Å². The molecule has 5 rings (SSSR count). The van der Waals surface area contributed by atoms with Gasteiger partial charge in [-0.3, -0.25) is 9.88 Å². The monoisotopic (exact) mass is 433 g/mol. The fourth-order valence-electron chi connectivity index (χ4n) is 3.74. The van der Waals surface area contributed by atoms with E-state index in [1.807, 2.05) is 42.6 Å². The zero-order valence-corrected chi connectivity index (χ0v) is 18.3. The molecule has 0 amide bonds. The summed E-state index contributed by atoms with van der Waals surface area (Å²) >= 11 is 1.61.